The van der Waals surface area contributed by atoms with Gasteiger partial charge in [0, 0.05) is 32.4 Å². The molecule has 3 rings (SSSR count). The molecule has 1 fully saturated rings. The lowest BCUT2D eigenvalue weighted by Gasteiger charge is -2.27. The van der Waals surface area contributed by atoms with Crippen LogP contribution in [0.1, 0.15) is 0 Å². The molecule has 0 bridgehead atoms. The van der Waals surface area contributed by atoms with E-state index in [1.165, 1.54) is 13.2 Å². The van der Waals surface area contributed by atoms with Crippen LogP contribution in [0.4, 0.5) is 10.3 Å². The van der Waals surface area contributed by atoms with Crippen LogP contribution in [0.25, 0.3) is 11.3 Å². The predicted octanol–water partition coefficient (Wildman–Crippen LogP) is 1.70. The number of ether oxygens (including phenoxy) is 1. The van der Waals surface area contributed by atoms with Gasteiger partial charge in [-0.15, -0.1) is 0 Å². The minimum Gasteiger partial charge on any atom is -0.496 e. The highest BCUT2D eigenvalue weighted by Gasteiger charge is 2.17. The molecule has 1 aromatic carbocycles. The summed E-state index contributed by atoms with van der Waals surface area (Å²) < 4.78 is 19.4. The van der Waals surface area contributed by atoms with Gasteiger partial charge in [-0.1, -0.05) is 6.07 Å². The number of rotatable bonds is 3. The van der Waals surface area contributed by atoms with Gasteiger partial charge in [0.1, 0.15) is 11.6 Å². The number of nitrogens with zero attached hydrogens (tertiary/aromatic N) is 3. The maximum absolute atomic E-state index is 14.1. The highest BCUT2D eigenvalue weighted by molar-refractivity contribution is 5.68. The molecule has 0 unspecified atom stereocenters. The Morgan fingerprint density at radius 3 is 2.81 bits per heavy atom. The zero-order valence-electron chi connectivity index (χ0n) is 11.8. The van der Waals surface area contributed by atoms with Gasteiger partial charge in [-0.25, -0.2) is 14.4 Å². The van der Waals surface area contributed by atoms with E-state index in [1.54, 1.807) is 24.4 Å². The number of aromatic nitrogens is 2. The van der Waals surface area contributed by atoms with E-state index in [9.17, 15) is 4.39 Å². The third-order valence-electron chi connectivity index (χ3n) is 3.49. The van der Waals surface area contributed by atoms with Gasteiger partial charge in [-0.05, 0) is 18.2 Å². The van der Waals surface area contributed by atoms with Gasteiger partial charge < -0.3 is 15.0 Å². The molecule has 6 heteroatoms. The van der Waals surface area contributed by atoms with Gasteiger partial charge in [0.05, 0.1) is 18.4 Å². The normalized spacial score (nSPS) is 15.0. The Hall–Kier alpha value is -2.21. The molecule has 1 aliphatic rings. The Morgan fingerprint density at radius 2 is 2.05 bits per heavy atom. The van der Waals surface area contributed by atoms with Crippen molar-refractivity contribution in [2.45, 2.75) is 0 Å². The molecule has 0 aliphatic carbocycles. The van der Waals surface area contributed by atoms with Crippen molar-refractivity contribution >= 4 is 5.95 Å². The summed E-state index contributed by atoms with van der Waals surface area (Å²) in [6.45, 7) is 3.49. The van der Waals surface area contributed by atoms with Gasteiger partial charge in [-0.3, -0.25) is 0 Å². The smallest absolute Gasteiger partial charge is 0.225 e. The van der Waals surface area contributed by atoms with Gasteiger partial charge >= 0.3 is 0 Å². The van der Waals surface area contributed by atoms with Crippen molar-refractivity contribution in [3.05, 3.63) is 36.3 Å². The average molecular weight is 288 g/mol. The second-order valence-electron chi connectivity index (χ2n) is 4.80. The fourth-order valence-electron chi connectivity index (χ4n) is 2.43. The van der Waals surface area contributed by atoms with Crippen molar-refractivity contribution in [1.82, 2.24) is 15.3 Å². The molecule has 2 aromatic rings. The number of hydrogen-bond donors (Lipinski definition) is 1. The molecule has 0 spiro atoms. The number of nitrogens with one attached hydrogen (secondary N) is 1. The summed E-state index contributed by atoms with van der Waals surface area (Å²) in [5.74, 6) is 0.749. The summed E-state index contributed by atoms with van der Waals surface area (Å²) in [4.78, 5) is 10.9. The van der Waals surface area contributed by atoms with Crippen molar-refractivity contribution in [2.75, 3.05) is 38.2 Å². The lowest BCUT2D eigenvalue weighted by atomic mass is 10.1. The van der Waals surface area contributed by atoms with E-state index in [-0.39, 0.29) is 5.82 Å². The Labute approximate surface area is 122 Å². The van der Waals surface area contributed by atoms with Gasteiger partial charge in [-0.2, -0.15) is 0 Å². The maximum Gasteiger partial charge on any atom is 0.225 e. The van der Waals surface area contributed by atoms with Gasteiger partial charge in [0.15, 0.2) is 0 Å². The zero-order valence-corrected chi connectivity index (χ0v) is 11.8. The lowest BCUT2D eigenvalue weighted by molar-refractivity contribution is 0.413. The summed E-state index contributed by atoms with van der Waals surface area (Å²) in [5, 5.41) is 3.28. The molecule has 0 saturated carbocycles. The first kappa shape index (κ1) is 13.8. The fourth-order valence-corrected chi connectivity index (χ4v) is 2.43. The third-order valence-corrected chi connectivity index (χ3v) is 3.49. The van der Waals surface area contributed by atoms with E-state index in [0.717, 1.165) is 26.2 Å². The minimum absolute atomic E-state index is 0.348. The molecule has 5 nitrogen and oxygen atoms in total. The van der Waals surface area contributed by atoms with E-state index >= 15 is 0 Å². The SMILES string of the molecule is COc1cccc(F)c1-c1ccnc(N2CCNCC2)n1. The topological polar surface area (TPSA) is 50.3 Å². The highest BCUT2D eigenvalue weighted by Crippen LogP contribution is 2.31. The van der Waals surface area contributed by atoms with Crippen molar-refractivity contribution in [1.29, 1.82) is 0 Å². The first-order chi connectivity index (χ1) is 10.3. The van der Waals surface area contributed by atoms with Crippen molar-refractivity contribution < 1.29 is 9.13 Å². The van der Waals surface area contributed by atoms with Crippen LogP contribution in [0.5, 0.6) is 5.75 Å². The van der Waals surface area contributed by atoms with E-state index in [2.05, 4.69) is 20.2 Å². The summed E-state index contributed by atoms with van der Waals surface area (Å²) in [6, 6.07) is 6.46. The Balaban J connectivity index is 2.00. The second-order valence-corrected chi connectivity index (χ2v) is 4.80. The predicted molar refractivity (Wildman–Crippen MR) is 79.1 cm³/mol. The molecule has 1 saturated heterocycles. The van der Waals surface area contributed by atoms with Crippen LogP contribution in [-0.2, 0) is 0 Å². The molecule has 21 heavy (non-hydrogen) atoms. The molecule has 1 N–H and O–H groups in total. The maximum atomic E-state index is 14.1. The molecular formula is C15H17FN4O. The van der Waals surface area contributed by atoms with Crippen LogP contribution in [0.2, 0.25) is 0 Å². The van der Waals surface area contributed by atoms with Crippen LogP contribution < -0.4 is 15.0 Å². The number of benzene rings is 1. The molecule has 0 atom stereocenters. The molecule has 1 aromatic heterocycles. The van der Waals surface area contributed by atoms with E-state index < -0.39 is 0 Å². The minimum atomic E-state index is -0.348. The molecule has 110 valence electrons. The quantitative estimate of drug-likeness (QED) is 0.931. The fraction of sp³-hybridized carbons (Fsp3) is 0.333. The van der Waals surface area contributed by atoms with E-state index in [4.69, 9.17) is 4.74 Å². The largest absolute Gasteiger partial charge is 0.496 e. The Kier molecular flexibility index (Phi) is 3.96. The molecule has 0 radical (unpaired) electrons. The van der Waals surface area contributed by atoms with Crippen molar-refractivity contribution in [3.8, 4) is 17.0 Å². The summed E-state index contributed by atoms with van der Waals surface area (Å²) in [7, 11) is 1.52. The Morgan fingerprint density at radius 1 is 1.24 bits per heavy atom. The van der Waals surface area contributed by atoms with Crippen molar-refractivity contribution in [3.63, 3.8) is 0 Å². The van der Waals surface area contributed by atoms with Crippen LogP contribution in [0, 0.1) is 5.82 Å². The average Bonchev–Trinajstić information content (AvgIpc) is 2.55. The van der Waals surface area contributed by atoms with Crippen molar-refractivity contribution in [2.24, 2.45) is 0 Å². The third kappa shape index (κ3) is 2.80. The lowest BCUT2D eigenvalue weighted by Crippen LogP contribution is -2.44. The molecule has 0 amide bonds. The van der Waals surface area contributed by atoms with Gasteiger partial charge in [0.2, 0.25) is 5.95 Å². The second kappa shape index (κ2) is 6.05. The summed E-state index contributed by atoms with van der Waals surface area (Å²) in [6.07, 6.45) is 1.66. The molecule has 2 heterocycles. The van der Waals surface area contributed by atoms with Crippen LogP contribution in [0.15, 0.2) is 30.5 Å². The Bertz CT molecular complexity index is 629. The number of hydrogen-bond acceptors (Lipinski definition) is 5. The van der Waals surface area contributed by atoms with E-state index in [0.29, 0.717) is 23.0 Å². The van der Waals surface area contributed by atoms with Crippen LogP contribution in [0.3, 0.4) is 0 Å². The van der Waals surface area contributed by atoms with Crippen LogP contribution in [-0.4, -0.2) is 43.3 Å². The molecular weight excluding hydrogens is 271 g/mol. The number of methoxy groups -OCH3 is 1. The number of piperazine rings is 1. The zero-order chi connectivity index (χ0) is 14.7. The number of halogens is 1. The monoisotopic (exact) mass is 288 g/mol. The molecule has 1 aliphatic heterocycles. The van der Waals surface area contributed by atoms with Crippen LogP contribution >= 0.6 is 0 Å². The first-order valence-electron chi connectivity index (χ1n) is 6.91. The standard InChI is InChI=1S/C15H17FN4O/c1-21-13-4-2-3-11(16)14(13)12-5-6-18-15(19-12)20-9-7-17-8-10-20/h2-6,17H,7-10H2,1H3. The summed E-state index contributed by atoms with van der Waals surface area (Å²) in [5.41, 5.74) is 0.910. The first-order valence-corrected chi connectivity index (χ1v) is 6.91. The number of anilines is 1. The van der Waals surface area contributed by atoms with E-state index in [1.807, 2.05) is 0 Å². The van der Waals surface area contributed by atoms with Gasteiger partial charge in [0.25, 0.3) is 0 Å². The highest BCUT2D eigenvalue weighted by atomic mass is 19.1. The summed E-state index contributed by atoms with van der Waals surface area (Å²) >= 11 is 0.